The van der Waals surface area contributed by atoms with Crippen LogP contribution in [0, 0.1) is 11.3 Å². The predicted octanol–water partition coefficient (Wildman–Crippen LogP) is 3.40. The third-order valence-electron chi connectivity index (χ3n) is 4.09. The van der Waals surface area contributed by atoms with Gasteiger partial charge in [-0.3, -0.25) is 0 Å². The van der Waals surface area contributed by atoms with Gasteiger partial charge in [-0.2, -0.15) is 5.26 Å². The summed E-state index contributed by atoms with van der Waals surface area (Å²) < 4.78 is 11.8. The van der Waals surface area contributed by atoms with Gasteiger partial charge in [0.15, 0.2) is 11.5 Å². The number of anilines is 1. The Morgan fingerprint density at radius 3 is 2.54 bits per heavy atom. The van der Waals surface area contributed by atoms with Crippen LogP contribution in [0.4, 0.5) is 5.82 Å². The van der Waals surface area contributed by atoms with Gasteiger partial charge in [0, 0.05) is 32.1 Å². The molecule has 124 valence electrons. The fourth-order valence-electron chi connectivity index (χ4n) is 2.84. The summed E-state index contributed by atoms with van der Waals surface area (Å²) >= 11 is 0. The second-order valence-corrected chi connectivity index (χ2v) is 5.70. The van der Waals surface area contributed by atoms with E-state index in [-0.39, 0.29) is 6.10 Å². The molecule has 24 heavy (non-hydrogen) atoms. The Kier molecular flexibility index (Phi) is 5.17. The Hall–Kier alpha value is -2.74. The van der Waals surface area contributed by atoms with Crippen molar-refractivity contribution in [1.82, 2.24) is 4.98 Å². The molecule has 1 aromatic carbocycles. The lowest BCUT2D eigenvalue weighted by molar-refractivity contribution is 0.162. The molecule has 5 heteroatoms. The first-order valence-corrected chi connectivity index (χ1v) is 8.29. The lowest BCUT2D eigenvalue weighted by atomic mass is 10.1. The Bertz CT molecular complexity index is 701. The van der Waals surface area contributed by atoms with E-state index < -0.39 is 0 Å². The normalized spacial score (nSPS) is 14.9. The molecule has 0 N–H and O–H groups in total. The van der Waals surface area contributed by atoms with Crippen LogP contribution >= 0.6 is 0 Å². The molecule has 1 saturated heterocycles. The molecule has 1 aliphatic heterocycles. The average molecular weight is 323 g/mol. The van der Waals surface area contributed by atoms with Crippen LogP contribution in [0.2, 0.25) is 0 Å². The monoisotopic (exact) mass is 323 g/mol. The van der Waals surface area contributed by atoms with Crippen LogP contribution in [0.3, 0.4) is 0 Å². The molecule has 0 aliphatic carbocycles. The van der Waals surface area contributed by atoms with E-state index in [1.54, 1.807) is 6.20 Å². The molecule has 0 bridgehead atoms. The molecule has 0 spiro atoms. The van der Waals surface area contributed by atoms with Crippen LogP contribution in [-0.4, -0.2) is 30.8 Å². The van der Waals surface area contributed by atoms with Crippen molar-refractivity contribution in [2.75, 3.05) is 24.6 Å². The molecule has 0 radical (unpaired) electrons. The highest BCUT2D eigenvalue weighted by Gasteiger charge is 2.22. The van der Waals surface area contributed by atoms with Crippen LogP contribution in [0.1, 0.15) is 25.3 Å². The van der Waals surface area contributed by atoms with Crippen molar-refractivity contribution in [3.63, 3.8) is 0 Å². The zero-order valence-corrected chi connectivity index (χ0v) is 13.8. The highest BCUT2D eigenvalue weighted by molar-refractivity contribution is 5.43. The van der Waals surface area contributed by atoms with Crippen LogP contribution in [0.15, 0.2) is 42.6 Å². The molecular weight excluding hydrogens is 302 g/mol. The van der Waals surface area contributed by atoms with Crippen LogP contribution in [-0.2, 0) is 0 Å². The van der Waals surface area contributed by atoms with Crippen LogP contribution < -0.4 is 14.4 Å². The molecule has 0 saturated carbocycles. The van der Waals surface area contributed by atoms with Gasteiger partial charge in [0.05, 0.1) is 12.2 Å². The van der Waals surface area contributed by atoms with Gasteiger partial charge in [-0.25, -0.2) is 4.98 Å². The van der Waals surface area contributed by atoms with Crippen LogP contribution in [0.5, 0.6) is 11.5 Å². The van der Waals surface area contributed by atoms with Gasteiger partial charge < -0.3 is 14.4 Å². The number of hydrogen-bond donors (Lipinski definition) is 0. The summed E-state index contributed by atoms with van der Waals surface area (Å²) in [7, 11) is 0. The number of hydrogen-bond acceptors (Lipinski definition) is 5. The van der Waals surface area contributed by atoms with Gasteiger partial charge in [-0.15, -0.1) is 0 Å². The minimum atomic E-state index is 0.182. The van der Waals surface area contributed by atoms with E-state index in [4.69, 9.17) is 14.7 Å². The maximum absolute atomic E-state index is 8.84. The third-order valence-corrected chi connectivity index (χ3v) is 4.09. The number of pyridine rings is 1. The Morgan fingerprint density at radius 1 is 1.17 bits per heavy atom. The Morgan fingerprint density at radius 2 is 1.92 bits per heavy atom. The first kappa shape index (κ1) is 16.1. The van der Waals surface area contributed by atoms with Crippen molar-refractivity contribution in [3.05, 3.63) is 48.2 Å². The van der Waals surface area contributed by atoms with Crippen molar-refractivity contribution in [2.24, 2.45) is 0 Å². The van der Waals surface area contributed by atoms with E-state index in [1.807, 2.05) is 43.3 Å². The Balaban J connectivity index is 1.58. The van der Waals surface area contributed by atoms with Crippen molar-refractivity contribution in [1.29, 1.82) is 5.26 Å². The smallest absolute Gasteiger partial charge is 0.161 e. The van der Waals surface area contributed by atoms with Gasteiger partial charge in [-0.05, 0) is 31.2 Å². The Labute approximate surface area is 142 Å². The first-order chi connectivity index (χ1) is 11.8. The number of aromatic nitrogens is 1. The highest BCUT2D eigenvalue weighted by atomic mass is 16.5. The van der Waals surface area contributed by atoms with Gasteiger partial charge in [0.1, 0.15) is 18.0 Å². The molecule has 2 heterocycles. The third kappa shape index (κ3) is 3.77. The van der Waals surface area contributed by atoms with Crippen molar-refractivity contribution < 1.29 is 9.47 Å². The SMILES string of the molecule is CCOc1ccccc1OC1CCN(c2ccc(C#N)cn2)CC1. The van der Waals surface area contributed by atoms with Crippen molar-refractivity contribution in [2.45, 2.75) is 25.9 Å². The molecule has 0 amide bonds. The number of para-hydroxylation sites is 2. The number of piperidine rings is 1. The lowest BCUT2D eigenvalue weighted by Crippen LogP contribution is -2.38. The lowest BCUT2D eigenvalue weighted by Gasteiger charge is -2.33. The summed E-state index contributed by atoms with van der Waals surface area (Å²) in [5, 5.41) is 8.84. The number of benzene rings is 1. The fraction of sp³-hybridized carbons (Fsp3) is 0.368. The van der Waals surface area contributed by atoms with E-state index in [2.05, 4.69) is 16.0 Å². The summed E-state index contributed by atoms with van der Waals surface area (Å²) in [4.78, 5) is 6.59. The molecule has 1 aromatic heterocycles. The standard InChI is InChI=1S/C19H21N3O2/c1-2-23-17-5-3-4-6-18(17)24-16-9-11-22(12-10-16)19-8-7-15(13-20)14-21-19/h3-8,14,16H,2,9-12H2,1H3. The predicted molar refractivity (Wildman–Crippen MR) is 92.4 cm³/mol. The summed E-state index contributed by atoms with van der Waals surface area (Å²) in [6, 6.07) is 13.6. The quantitative estimate of drug-likeness (QED) is 0.844. The minimum absolute atomic E-state index is 0.182. The van der Waals surface area contributed by atoms with Gasteiger partial charge in [-0.1, -0.05) is 12.1 Å². The highest BCUT2D eigenvalue weighted by Crippen LogP contribution is 2.30. The molecule has 2 aromatic rings. The maximum atomic E-state index is 8.84. The summed E-state index contributed by atoms with van der Waals surface area (Å²) in [5.41, 5.74) is 0.588. The zero-order valence-electron chi connectivity index (χ0n) is 13.8. The van der Waals surface area contributed by atoms with E-state index >= 15 is 0 Å². The van der Waals surface area contributed by atoms with Crippen molar-refractivity contribution in [3.8, 4) is 17.6 Å². The molecular formula is C19H21N3O2. The molecule has 3 rings (SSSR count). The van der Waals surface area contributed by atoms with Crippen molar-refractivity contribution >= 4 is 5.82 Å². The average Bonchev–Trinajstić information content (AvgIpc) is 2.64. The number of nitriles is 1. The molecule has 5 nitrogen and oxygen atoms in total. The number of ether oxygens (including phenoxy) is 2. The summed E-state index contributed by atoms with van der Waals surface area (Å²) in [6.45, 7) is 4.38. The van der Waals surface area contributed by atoms with Gasteiger partial charge in [0.2, 0.25) is 0 Å². The van der Waals surface area contributed by atoms with E-state index in [0.29, 0.717) is 12.2 Å². The topological polar surface area (TPSA) is 58.4 Å². The number of nitrogens with zero attached hydrogens (tertiary/aromatic N) is 3. The van der Waals surface area contributed by atoms with E-state index in [0.717, 1.165) is 43.2 Å². The van der Waals surface area contributed by atoms with Gasteiger partial charge >= 0.3 is 0 Å². The van der Waals surface area contributed by atoms with Gasteiger partial charge in [0.25, 0.3) is 0 Å². The largest absolute Gasteiger partial charge is 0.490 e. The van der Waals surface area contributed by atoms with E-state index in [9.17, 15) is 0 Å². The molecule has 0 unspecified atom stereocenters. The molecule has 1 aliphatic rings. The van der Waals surface area contributed by atoms with E-state index in [1.165, 1.54) is 0 Å². The minimum Gasteiger partial charge on any atom is -0.490 e. The fourth-order valence-corrected chi connectivity index (χ4v) is 2.84. The summed E-state index contributed by atoms with van der Waals surface area (Å²) in [6.07, 6.45) is 3.67. The summed E-state index contributed by atoms with van der Waals surface area (Å²) in [5.74, 6) is 2.53. The first-order valence-electron chi connectivity index (χ1n) is 8.29. The van der Waals surface area contributed by atoms with Crippen LogP contribution in [0.25, 0.3) is 0 Å². The molecule has 0 atom stereocenters. The number of rotatable bonds is 5. The second-order valence-electron chi connectivity index (χ2n) is 5.70. The zero-order chi connectivity index (χ0) is 16.8. The molecule has 1 fully saturated rings. The second kappa shape index (κ2) is 7.69. The maximum Gasteiger partial charge on any atom is 0.161 e.